The molecule has 1 heterocycles. The van der Waals surface area contributed by atoms with Gasteiger partial charge in [-0.1, -0.05) is 11.8 Å². The average molecular weight is 420 g/mol. The molecule has 0 saturated carbocycles. The minimum absolute atomic E-state index is 0.0698. The van der Waals surface area contributed by atoms with E-state index in [1.165, 1.54) is 30.1 Å². The van der Waals surface area contributed by atoms with Gasteiger partial charge in [0.25, 0.3) is 5.69 Å². The summed E-state index contributed by atoms with van der Waals surface area (Å²) in [5.74, 6) is 0.249. The highest BCUT2D eigenvalue weighted by Crippen LogP contribution is 2.21. The van der Waals surface area contributed by atoms with Gasteiger partial charge < -0.3 is 9.50 Å². The SMILES string of the molecule is O=C1CSC(=NN=Cc2ccc(OS(=O)(=O)c3ccc([N+](=O)[O-])cc3)cc2)N1. The number of carbonyl (C=O) groups is 1. The van der Waals surface area contributed by atoms with E-state index < -0.39 is 15.0 Å². The second-order valence-corrected chi connectivity index (χ2v) is 7.85. The Morgan fingerprint density at radius 3 is 2.39 bits per heavy atom. The molecule has 144 valence electrons. The lowest BCUT2D eigenvalue weighted by atomic mass is 10.2. The Hall–Kier alpha value is -3.25. The van der Waals surface area contributed by atoms with Crippen LogP contribution in [-0.4, -0.2) is 36.4 Å². The number of nitro benzene ring substituents is 1. The van der Waals surface area contributed by atoms with Crippen molar-refractivity contribution >= 4 is 44.9 Å². The minimum atomic E-state index is -4.12. The van der Waals surface area contributed by atoms with Crippen LogP contribution < -0.4 is 9.50 Å². The first kappa shape index (κ1) is 19.5. The average Bonchev–Trinajstić information content (AvgIpc) is 3.08. The minimum Gasteiger partial charge on any atom is -0.379 e. The predicted octanol–water partition coefficient (Wildman–Crippen LogP) is 1.92. The van der Waals surface area contributed by atoms with E-state index in [1.54, 1.807) is 12.1 Å². The van der Waals surface area contributed by atoms with Crippen molar-refractivity contribution in [2.24, 2.45) is 10.2 Å². The normalized spacial score (nSPS) is 15.7. The summed E-state index contributed by atoms with van der Waals surface area (Å²) in [5.41, 5.74) is 0.417. The molecule has 0 aliphatic carbocycles. The van der Waals surface area contributed by atoms with E-state index in [2.05, 4.69) is 15.5 Å². The number of thioether (sulfide) groups is 1. The Kier molecular flexibility index (Phi) is 5.70. The van der Waals surface area contributed by atoms with Crippen molar-refractivity contribution in [3.63, 3.8) is 0 Å². The van der Waals surface area contributed by atoms with Gasteiger partial charge in [0.1, 0.15) is 10.6 Å². The number of nitro groups is 1. The van der Waals surface area contributed by atoms with Crippen molar-refractivity contribution in [3.8, 4) is 5.75 Å². The van der Waals surface area contributed by atoms with E-state index in [0.717, 1.165) is 24.3 Å². The lowest BCUT2D eigenvalue weighted by molar-refractivity contribution is -0.384. The third-order valence-electron chi connectivity index (χ3n) is 3.36. The van der Waals surface area contributed by atoms with Crippen LogP contribution in [0, 0.1) is 10.1 Å². The molecule has 0 unspecified atom stereocenters. The first-order chi connectivity index (χ1) is 13.3. The number of amidine groups is 1. The molecule has 1 fully saturated rings. The lowest BCUT2D eigenvalue weighted by Gasteiger charge is -2.07. The highest BCUT2D eigenvalue weighted by molar-refractivity contribution is 8.15. The van der Waals surface area contributed by atoms with E-state index in [-0.39, 0.29) is 22.2 Å². The van der Waals surface area contributed by atoms with E-state index in [9.17, 15) is 23.3 Å². The number of nitrogens with zero attached hydrogens (tertiary/aromatic N) is 3. The largest absolute Gasteiger partial charge is 0.379 e. The van der Waals surface area contributed by atoms with Crippen LogP contribution in [0.2, 0.25) is 0 Å². The standard InChI is InChI=1S/C16H12N4O6S2/c21-15-10-27-16(18-15)19-17-9-11-1-5-13(6-2-11)26-28(24,25)14-7-3-12(4-8-14)20(22)23/h1-9H,10H2,(H,18,19,21). The van der Waals surface area contributed by atoms with Crippen LogP contribution in [-0.2, 0) is 14.9 Å². The number of benzene rings is 2. The van der Waals surface area contributed by atoms with Gasteiger partial charge in [-0.3, -0.25) is 14.9 Å². The van der Waals surface area contributed by atoms with E-state index >= 15 is 0 Å². The number of carbonyl (C=O) groups excluding carboxylic acids is 1. The number of hydrogen-bond acceptors (Lipinski definition) is 9. The zero-order valence-corrected chi connectivity index (χ0v) is 15.6. The molecule has 0 atom stereocenters. The molecule has 28 heavy (non-hydrogen) atoms. The van der Waals surface area contributed by atoms with Crippen LogP contribution >= 0.6 is 11.8 Å². The van der Waals surface area contributed by atoms with Crippen LogP contribution in [0.15, 0.2) is 63.6 Å². The topological polar surface area (TPSA) is 140 Å². The summed E-state index contributed by atoms with van der Waals surface area (Å²) in [6, 6.07) is 10.4. The molecule has 10 nitrogen and oxygen atoms in total. The third kappa shape index (κ3) is 4.92. The van der Waals surface area contributed by atoms with Crippen molar-refractivity contribution in [1.82, 2.24) is 5.32 Å². The smallest absolute Gasteiger partial charge is 0.339 e. The molecule has 1 amide bonds. The zero-order valence-electron chi connectivity index (χ0n) is 14.0. The van der Waals surface area contributed by atoms with Crippen LogP contribution in [0.3, 0.4) is 0 Å². The highest BCUT2D eigenvalue weighted by Gasteiger charge is 2.18. The van der Waals surface area contributed by atoms with Gasteiger partial charge in [0, 0.05) is 12.1 Å². The summed E-state index contributed by atoms with van der Waals surface area (Å²) in [7, 11) is -4.12. The highest BCUT2D eigenvalue weighted by atomic mass is 32.2. The quantitative estimate of drug-likeness (QED) is 0.326. The zero-order chi connectivity index (χ0) is 20.1. The van der Waals surface area contributed by atoms with Crippen molar-refractivity contribution in [3.05, 3.63) is 64.2 Å². The lowest BCUT2D eigenvalue weighted by Crippen LogP contribution is -2.19. The first-order valence-electron chi connectivity index (χ1n) is 7.66. The van der Waals surface area contributed by atoms with Gasteiger partial charge in [0.15, 0.2) is 5.17 Å². The Labute approximate surface area is 163 Å². The Morgan fingerprint density at radius 1 is 1.14 bits per heavy atom. The summed E-state index contributed by atoms with van der Waals surface area (Å²) in [6.07, 6.45) is 1.44. The fraction of sp³-hybridized carbons (Fsp3) is 0.0625. The third-order valence-corrected chi connectivity index (χ3v) is 5.49. The maximum absolute atomic E-state index is 12.2. The number of hydrogen-bond donors (Lipinski definition) is 1. The van der Waals surface area contributed by atoms with Gasteiger partial charge >= 0.3 is 10.1 Å². The van der Waals surface area contributed by atoms with Crippen molar-refractivity contribution in [2.45, 2.75) is 4.90 Å². The molecule has 0 aromatic heterocycles. The number of rotatable bonds is 6. The number of amides is 1. The summed E-state index contributed by atoms with van der Waals surface area (Å²) in [6.45, 7) is 0. The number of non-ortho nitro benzene ring substituents is 1. The molecule has 2 aromatic rings. The monoisotopic (exact) mass is 420 g/mol. The van der Waals surface area contributed by atoms with E-state index in [1.807, 2.05) is 0 Å². The van der Waals surface area contributed by atoms with E-state index in [0.29, 0.717) is 16.5 Å². The van der Waals surface area contributed by atoms with Gasteiger partial charge in [-0.15, -0.1) is 5.10 Å². The van der Waals surface area contributed by atoms with Gasteiger partial charge in [0.05, 0.1) is 16.9 Å². The van der Waals surface area contributed by atoms with Crippen molar-refractivity contribution in [1.29, 1.82) is 0 Å². The molecule has 12 heteroatoms. The Balaban J connectivity index is 1.66. The maximum Gasteiger partial charge on any atom is 0.339 e. The molecule has 3 rings (SSSR count). The molecule has 1 N–H and O–H groups in total. The van der Waals surface area contributed by atoms with Gasteiger partial charge in [-0.25, -0.2) is 0 Å². The fourth-order valence-corrected chi connectivity index (χ4v) is 3.61. The predicted molar refractivity (Wildman–Crippen MR) is 103 cm³/mol. The first-order valence-corrected chi connectivity index (χ1v) is 10.1. The molecule has 0 radical (unpaired) electrons. The molecular weight excluding hydrogens is 408 g/mol. The molecular formula is C16H12N4O6S2. The Bertz CT molecular complexity index is 1060. The second kappa shape index (κ2) is 8.19. The van der Waals surface area contributed by atoms with Crippen LogP contribution in [0.25, 0.3) is 0 Å². The van der Waals surface area contributed by atoms with E-state index in [4.69, 9.17) is 4.18 Å². The molecule has 0 spiro atoms. The van der Waals surface area contributed by atoms with Gasteiger partial charge in [0.2, 0.25) is 5.91 Å². The summed E-state index contributed by atoms with van der Waals surface area (Å²) >= 11 is 1.25. The van der Waals surface area contributed by atoms with Crippen molar-refractivity contribution in [2.75, 3.05) is 5.75 Å². The second-order valence-electron chi connectivity index (χ2n) is 5.34. The molecule has 1 aliphatic rings. The van der Waals surface area contributed by atoms with Crippen LogP contribution in [0.4, 0.5) is 5.69 Å². The summed E-state index contributed by atoms with van der Waals surface area (Å²) < 4.78 is 29.5. The Morgan fingerprint density at radius 2 is 1.82 bits per heavy atom. The fourth-order valence-electron chi connectivity index (χ4n) is 2.05. The number of nitrogens with one attached hydrogen (secondary N) is 1. The molecule has 1 aliphatic heterocycles. The van der Waals surface area contributed by atoms with Gasteiger partial charge in [-0.05, 0) is 42.0 Å². The summed E-state index contributed by atoms with van der Waals surface area (Å²) in [4.78, 5) is 20.8. The van der Waals surface area contributed by atoms with Gasteiger partial charge in [-0.2, -0.15) is 13.5 Å². The molecule has 1 saturated heterocycles. The van der Waals surface area contributed by atoms with Crippen LogP contribution in [0.1, 0.15) is 5.56 Å². The molecule has 0 bridgehead atoms. The summed E-state index contributed by atoms with van der Waals surface area (Å²) in [5, 5.41) is 21.3. The van der Waals surface area contributed by atoms with Crippen molar-refractivity contribution < 1.29 is 22.3 Å². The molecule has 2 aromatic carbocycles. The van der Waals surface area contributed by atoms with Crippen LogP contribution in [0.5, 0.6) is 5.75 Å². The maximum atomic E-state index is 12.2.